The minimum Gasteiger partial charge on any atom is -0.480 e. The third-order valence-electron chi connectivity index (χ3n) is 3.90. The molecule has 0 aliphatic heterocycles. The van der Waals surface area contributed by atoms with Crippen molar-refractivity contribution in [3.05, 3.63) is 22.5 Å². The summed E-state index contributed by atoms with van der Waals surface area (Å²) in [5.41, 5.74) is 2.68. The molecule has 0 radical (unpaired) electrons. The summed E-state index contributed by atoms with van der Waals surface area (Å²) in [6.45, 7) is 8.83. The van der Waals surface area contributed by atoms with Crippen LogP contribution in [-0.2, 0) is 31.9 Å². The first-order valence-electron chi connectivity index (χ1n) is 8.40. The first-order valence-corrected chi connectivity index (χ1v) is 8.40. The number of nitrogens with one attached hydrogen (secondary N) is 2. The van der Waals surface area contributed by atoms with Gasteiger partial charge in [-0.2, -0.15) is 0 Å². The highest BCUT2D eigenvalue weighted by atomic mass is 16.6. The molecule has 0 saturated carbocycles. The molecule has 1 atom stereocenters. The van der Waals surface area contributed by atoms with Crippen molar-refractivity contribution in [2.45, 2.75) is 65.5 Å². The number of hydrogen-bond acceptors (Lipinski definition) is 5. The predicted molar refractivity (Wildman–Crippen MR) is 95.1 cm³/mol. The minimum absolute atomic E-state index is 0.0828. The van der Waals surface area contributed by atoms with Crippen molar-refractivity contribution in [3.8, 4) is 0 Å². The van der Waals surface area contributed by atoms with E-state index >= 15 is 0 Å². The Labute approximate surface area is 153 Å². The Morgan fingerprint density at radius 3 is 2.35 bits per heavy atom. The highest BCUT2D eigenvalue weighted by Crippen LogP contribution is 2.21. The summed E-state index contributed by atoms with van der Waals surface area (Å²) in [4.78, 5) is 37.9. The first kappa shape index (κ1) is 21.5. The smallest absolute Gasteiger partial charge is 0.408 e. The first-order chi connectivity index (χ1) is 11.9. The van der Waals surface area contributed by atoms with Crippen LogP contribution in [0.15, 0.2) is 0 Å². The Balaban J connectivity index is 2.88. The number of carbonyl (C=O) groups excluding carboxylic acids is 2. The molecular weight excluding hydrogens is 340 g/mol. The zero-order chi connectivity index (χ0) is 20.1. The monoisotopic (exact) mass is 368 g/mol. The molecule has 1 aromatic rings. The van der Waals surface area contributed by atoms with Gasteiger partial charge in [0.05, 0.1) is 7.11 Å². The van der Waals surface area contributed by atoms with Gasteiger partial charge in [0.1, 0.15) is 11.6 Å². The third-order valence-corrected chi connectivity index (χ3v) is 3.90. The van der Waals surface area contributed by atoms with Gasteiger partial charge in [-0.1, -0.05) is 0 Å². The Hall–Kier alpha value is -2.51. The van der Waals surface area contributed by atoms with Crippen molar-refractivity contribution < 1.29 is 29.0 Å². The molecule has 0 aromatic carbocycles. The summed E-state index contributed by atoms with van der Waals surface area (Å²) in [6.07, 6.45) is 0.0441. The molecule has 1 rings (SSSR count). The molecular formula is C18H28N2O6. The van der Waals surface area contributed by atoms with E-state index in [0.29, 0.717) is 12.1 Å². The van der Waals surface area contributed by atoms with E-state index in [2.05, 4.69) is 15.0 Å². The number of ether oxygens (including phenoxy) is 2. The number of aromatic nitrogens is 1. The lowest BCUT2D eigenvalue weighted by atomic mass is 10.0. The number of aryl methyl sites for hydroxylation is 1. The van der Waals surface area contributed by atoms with Gasteiger partial charge in [-0.25, -0.2) is 9.59 Å². The number of carboxylic acids is 1. The van der Waals surface area contributed by atoms with Crippen LogP contribution in [-0.4, -0.2) is 46.9 Å². The van der Waals surface area contributed by atoms with Crippen molar-refractivity contribution in [3.63, 3.8) is 0 Å². The number of methoxy groups -OCH3 is 1. The van der Waals surface area contributed by atoms with Gasteiger partial charge >= 0.3 is 18.0 Å². The normalized spacial score (nSPS) is 12.4. The standard InChI is InChI=1S/C18H28N2O6/c1-10-12(7-8-15(21)25-6)11(2)19-13(10)9-14(16(22)23)20-17(24)26-18(3,4)5/h14,19H,7-9H2,1-6H3,(H,20,24)(H,22,23). The van der Waals surface area contributed by atoms with Crippen LogP contribution in [0.4, 0.5) is 4.79 Å². The second-order valence-electron chi connectivity index (χ2n) is 7.15. The molecule has 8 nitrogen and oxygen atoms in total. The molecule has 0 aliphatic rings. The average Bonchev–Trinajstić information content (AvgIpc) is 2.76. The second kappa shape index (κ2) is 8.73. The average molecular weight is 368 g/mol. The molecule has 3 N–H and O–H groups in total. The lowest BCUT2D eigenvalue weighted by Crippen LogP contribution is -2.44. The van der Waals surface area contributed by atoms with E-state index in [1.807, 2.05) is 13.8 Å². The van der Waals surface area contributed by atoms with Crippen LogP contribution in [0, 0.1) is 13.8 Å². The van der Waals surface area contributed by atoms with Crippen molar-refractivity contribution in [1.82, 2.24) is 10.3 Å². The van der Waals surface area contributed by atoms with Crippen molar-refractivity contribution in [1.29, 1.82) is 0 Å². The SMILES string of the molecule is COC(=O)CCc1c(C)[nH]c(CC(NC(=O)OC(C)(C)C)C(=O)O)c1C. The Morgan fingerprint density at radius 1 is 1.23 bits per heavy atom. The van der Waals surface area contributed by atoms with Gasteiger partial charge in [-0.05, 0) is 52.2 Å². The summed E-state index contributed by atoms with van der Waals surface area (Å²) in [5, 5.41) is 11.8. The summed E-state index contributed by atoms with van der Waals surface area (Å²) in [7, 11) is 1.34. The van der Waals surface area contributed by atoms with Crippen LogP contribution in [0.1, 0.15) is 49.7 Å². The van der Waals surface area contributed by atoms with Crippen molar-refractivity contribution in [2.24, 2.45) is 0 Å². The highest BCUT2D eigenvalue weighted by molar-refractivity contribution is 5.80. The molecule has 146 valence electrons. The quantitative estimate of drug-likeness (QED) is 0.636. The zero-order valence-electron chi connectivity index (χ0n) is 16.2. The van der Waals surface area contributed by atoms with Gasteiger partial charge in [0.2, 0.25) is 0 Å². The van der Waals surface area contributed by atoms with E-state index < -0.39 is 23.7 Å². The van der Waals surface area contributed by atoms with E-state index in [4.69, 9.17) is 4.74 Å². The summed E-state index contributed by atoms with van der Waals surface area (Å²) < 4.78 is 9.77. The van der Waals surface area contributed by atoms with Gasteiger partial charge in [-0.3, -0.25) is 4.79 Å². The Kier molecular flexibility index (Phi) is 7.23. The molecule has 1 amide bonds. The number of aliphatic carboxylic acids is 1. The molecule has 8 heteroatoms. The number of H-pyrrole nitrogens is 1. The number of esters is 1. The lowest BCUT2D eigenvalue weighted by molar-refractivity contribution is -0.141. The molecule has 0 spiro atoms. The summed E-state index contributed by atoms with van der Waals surface area (Å²) >= 11 is 0. The van der Waals surface area contributed by atoms with Gasteiger partial charge in [0.15, 0.2) is 0 Å². The van der Waals surface area contributed by atoms with Crippen LogP contribution in [0.2, 0.25) is 0 Å². The number of alkyl carbamates (subject to hydrolysis) is 1. The fourth-order valence-corrected chi connectivity index (χ4v) is 2.62. The van der Waals surface area contributed by atoms with E-state index in [1.165, 1.54) is 7.11 Å². The second-order valence-corrected chi connectivity index (χ2v) is 7.15. The van der Waals surface area contributed by atoms with Gasteiger partial charge < -0.3 is 24.9 Å². The van der Waals surface area contributed by atoms with Crippen molar-refractivity contribution >= 4 is 18.0 Å². The van der Waals surface area contributed by atoms with Gasteiger partial charge in [0.25, 0.3) is 0 Å². The number of carbonyl (C=O) groups is 3. The molecule has 1 unspecified atom stereocenters. The lowest BCUT2D eigenvalue weighted by Gasteiger charge is -2.22. The molecule has 0 aliphatic carbocycles. The number of hydrogen-bond donors (Lipinski definition) is 3. The van der Waals surface area contributed by atoms with E-state index in [-0.39, 0.29) is 18.8 Å². The maximum Gasteiger partial charge on any atom is 0.408 e. The fourth-order valence-electron chi connectivity index (χ4n) is 2.62. The van der Waals surface area contributed by atoms with Crippen LogP contribution in [0.5, 0.6) is 0 Å². The highest BCUT2D eigenvalue weighted by Gasteiger charge is 2.26. The molecule has 1 aromatic heterocycles. The largest absolute Gasteiger partial charge is 0.480 e. The number of aromatic amines is 1. The summed E-state index contributed by atoms with van der Waals surface area (Å²) in [5.74, 6) is -1.46. The number of rotatable bonds is 7. The molecule has 0 saturated heterocycles. The molecule has 1 heterocycles. The maximum atomic E-state index is 11.9. The molecule has 0 fully saturated rings. The zero-order valence-corrected chi connectivity index (χ0v) is 16.2. The molecule has 26 heavy (non-hydrogen) atoms. The van der Waals surface area contributed by atoms with Crippen LogP contribution >= 0.6 is 0 Å². The Morgan fingerprint density at radius 2 is 1.85 bits per heavy atom. The number of carboxylic acid groups (broad SMARTS) is 1. The van der Waals surface area contributed by atoms with E-state index in [0.717, 1.165) is 16.8 Å². The summed E-state index contributed by atoms with van der Waals surface area (Å²) in [6, 6.07) is -1.13. The van der Waals surface area contributed by atoms with Crippen LogP contribution < -0.4 is 5.32 Å². The number of amides is 1. The van der Waals surface area contributed by atoms with Crippen LogP contribution in [0.25, 0.3) is 0 Å². The van der Waals surface area contributed by atoms with Gasteiger partial charge in [0, 0.05) is 24.2 Å². The maximum absolute atomic E-state index is 11.9. The van der Waals surface area contributed by atoms with E-state index in [1.54, 1.807) is 20.8 Å². The third kappa shape index (κ3) is 6.42. The van der Waals surface area contributed by atoms with E-state index in [9.17, 15) is 19.5 Å². The fraction of sp³-hybridized carbons (Fsp3) is 0.611. The Bertz CT molecular complexity index is 672. The van der Waals surface area contributed by atoms with Crippen LogP contribution in [0.3, 0.4) is 0 Å². The minimum atomic E-state index is -1.15. The predicted octanol–water partition coefficient (Wildman–Crippen LogP) is 2.26. The van der Waals surface area contributed by atoms with Crippen molar-refractivity contribution in [2.75, 3.05) is 7.11 Å². The molecule has 0 bridgehead atoms. The topological polar surface area (TPSA) is 118 Å². The van der Waals surface area contributed by atoms with Gasteiger partial charge in [-0.15, -0.1) is 0 Å².